The molecule has 2 amide bonds. The molecule has 4 atom stereocenters. The number of fused-ring (bicyclic) bond motifs is 1. The molecule has 6 nitrogen and oxygen atoms in total. The fourth-order valence-corrected chi connectivity index (χ4v) is 4.45. The predicted octanol–water partition coefficient (Wildman–Crippen LogP) is 2.07. The van der Waals surface area contributed by atoms with Crippen LogP contribution in [0.2, 0.25) is 0 Å². The van der Waals surface area contributed by atoms with E-state index in [2.05, 4.69) is 41.9 Å². The summed E-state index contributed by atoms with van der Waals surface area (Å²) in [6, 6.07) is 6.11. The Labute approximate surface area is 168 Å². The van der Waals surface area contributed by atoms with Crippen molar-refractivity contribution < 1.29 is 9.59 Å². The monoisotopic (exact) mass is 386 g/mol. The molecule has 3 N–H and O–H groups in total. The lowest BCUT2D eigenvalue weighted by Gasteiger charge is -2.37. The molecular weight excluding hydrogens is 352 g/mol. The zero-order valence-electron chi connectivity index (χ0n) is 17.5. The molecule has 3 rings (SSSR count). The van der Waals surface area contributed by atoms with Crippen LogP contribution in [-0.4, -0.2) is 55.5 Å². The third kappa shape index (κ3) is 4.66. The number of nitrogens with zero attached hydrogens (tertiary/aromatic N) is 1. The molecule has 2 aliphatic rings. The number of anilines is 1. The normalized spacial score (nSPS) is 24.8. The summed E-state index contributed by atoms with van der Waals surface area (Å²) in [5, 5.41) is 10.3. The molecule has 1 fully saturated rings. The number of carbonyl (C=O) groups excluding carboxylic acids is 2. The summed E-state index contributed by atoms with van der Waals surface area (Å²) >= 11 is 0. The average molecular weight is 387 g/mol. The van der Waals surface area contributed by atoms with Crippen molar-refractivity contribution in [1.82, 2.24) is 15.5 Å². The number of carbonyl (C=O) groups is 2. The smallest absolute Gasteiger partial charge is 0.243 e. The lowest BCUT2D eigenvalue weighted by molar-refractivity contribution is -0.129. The zero-order chi connectivity index (χ0) is 20.3. The Kier molecular flexibility index (Phi) is 6.60. The van der Waals surface area contributed by atoms with Gasteiger partial charge in [-0.3, -0.25) is 9.59 Å². The molecule has 2 aliphatic heterocycles. The summed E-state index contributed by atoms with van der Waals surface area (Å²) in [6.45, 7) is 5.27. The minimum Gasteiger partial charge on any atom is -0.373 e. The van der Waals surface area contributed by atoms with Gasteiger partial charge >= 0.3 is 0 Å². The lowest BCUT2D eigenvalue weighted by Crippen LogP contribution is -2.57. The van der Waals surface area contributed by atoms with E-state index in [-0.39, 0.29) is 29.9 Å². The van der Waals surface area contributed by atoms with E-state index in [1.54, 1.807) is 19.0 Å². The van der Waals surface area contributed by atoms with E-state index in [1.807, 2.05) is 6.07 Å². The lowest BCUT2D eigenvalue weighted by atomic mass is 9.85. The van der Waals surface area contributed by atoms with Gasteiger partial charge in [0.05, 0.1) is 0 Å². The molecule has 0 saturated carbocycles. The van der Waals surface area contributed by atoms with Crippen LogP contribution < -0.4 is 16.0 Å². The summed E-state index contributed by atoms with van der Waals surface area (Å²) < 4.78 is 0. The first-order chi connectivity index (χ1) is 13.4. The van der Waals surface area contributed by atoms with Gasteiger partial charge in [0.25, 0.3) is 0 Å². The van der Waals surface area contributed by atoms with E-state index in [9.17, 15) is 9.59 Å². The molecule has 0 bridgehead atoms. The second kappa shape index (κ2) is 8.95. The van der Waals surface area contributed by atoms with Crippen molar-refractivity contribution in [2.75, 3.05) is 26.0 Å². The van der Waals surface area contributed by atoms with Crippen molar-refractivity contribution in [2.45, 2.75) is 64.1 Å². The molecule has 1 aromatic carbocycles. The van der Waals surface area contributed by atoms with Gasteiger partial charge in [0.15, 0.2) is 0 Å². The van der Waals surface area contributed by atoms with Crippen molar-refractivity contribution in [3.8, 4) is 0 Å². The maximum atomic E-state index is 13.1. The first kappa shape index (κ1) is 20.6. The maximum Gasteiger partial charge on any atom is 0.243 e. The third-order valence-corrected chi connectivity index (χ3v) is 6.18. The van der Waals surface area contributed by atoms with E-state index >= 15 is 0 Å². The summed E-state index contributed by atoms with van der Waals surface area (Å²) in [5.74, 6) is 0.603. The summed E-state index contributed by atoms with van der Waals surface area (Å²) in [6.07, 6.45) is 4.12. The second-order valence-corrected chi connectivity index (χ2v) is 8.55. The second-order valence-electron chi connectivity index (χ2n) is 8.55. The van der Waals surface area contributed by atoms with Crippen molar-refractivity contribution in [2.24, 2.45) is 5.92 Å². The number of hydrogen-bond acceptors (Lipinski definition) is 4. The quantitative estimate of drug-likeness (QED) is 0.700. The van der Waals surface area contributed by atoms with E-state index in [0.29, 0.717) is 25.2 Å². The van der Waals surface area contributed by atoms with Gasteiger partial charge in [-0.25, -0.2) is 0 Å². The van der Waals surface area contributed by atoms with Crippen molar-refractivity contribution in [3.05, 3.63) is 29.3 Å². The zero-order valence-corrected chi connectivity index (χ0v) is 17.5. The number of hydrogen-bond donors (Lipinski definition) is 3. The number of amides is 2. The van der Waals surface area contributed by atoms with E-state index in [0.717, 1.165) is 25.1 Å². The Bertz CT molecular complexity index is 718. The van der Waals surface area contributed by atoms with Gasteiger partial charge in [0.2, 0.25) is 11.8 Å². The number of para-hydroxylation sites is 1. The Morgan fingerprint density at radius 1 is 1.32 bits per heavy atom. The molecule has 154 valence electrons. The predicted molar refractivity (Wildman–Crippen MR) is 112 cm³/mol. The van der Waals surface area contributed by atoms with Gasteiger partial charge in [-0.1, -0.05) is 25.1 Å². The van der Waals surface area contributed by atoms with Crippen molar-refractivity contribution in [3.63, 3.8) is 0 Å². The number of piperidine rings is 1. The largest absolute Gasteiger partial charge is 0.373 e. The number of benzene rings is 1. The highest BCUT2D eigenvalue weighted by Crippen LogP contribution is 2.29. The third-order valence-electron chi connectivity index (χ3n) is 6.18. The summed E-state index contributed by atoms with van der Waals surface area (Å²) in [4.78, 5) is 26.8. The highest BCUT2D eigenvalue weighted by molar-refractivity contribution is 5.88. The van der Waals surface area contributed by atoms with Crippen LogP contribution in [0.3, 0.4) is 0 Å². The number of rotatable bonds is 6. The highest BCUT2D eigenvalue weighted by Gasteiger charge is 2.34. The molecule has 6 heteroatoms. The molecule has 4 unspecified atom stereocenters. The fourth-order valence-electron chi connectivity index (χ4n) is 4.45. The van der Waals surface area contributed by atoms with E-state index in [1.165, 1.54) is 11.1 Å². The van der Waals surface area contributed by atoms with Gasteiger partial charge in [-0.15, -0.1) is 0 Å². The molecular formula is C22H34N4O2. The van der Waals surface area contributed by atoms with Crippen molar-refractivity contribution >= 4 is 17.5 Å². The van der Waals surface area contributed by atoms with Crippen LogP contribution in [0.15, 0.2) is 18.2 Å². The summed E-state index contributed by atoms with van der Waals surface area (Å²) in [7, 11) is 3.55. The Hall–Kier alpha value is -2.08. The Balaban J connectivity index is 1.67. The molecule has 2 heterocycles. The minimum atomic E-state index is -0.248. The maximum absolute atomic E-state index is 13.1. The molecule has 28 heavy (non-hydrogen) atoms. The van der Waals surface area contributed by atoms with E-state index in [4.69, 9.17) is 0 Å². The summed E-state index contributed by atoms with van der Waals surface area (Å²) in [5.41, 5.74) is 3.46. The molecule has 0 aliphatic carbocycles. The van der Waals surface area contributed by atoms with Crippen LogP contribution >= 0.6 is 0 Å². The van der Waals surface area contributed by atoms with Gasteiger partial charge in [-0.2, -0.15) is 0 Å². The van der Waals surface area contributed by atoms with Gasteiger partial charge in [-0.05, 0) is 49.8 Å². The molecule has 0 radical (unpaired) electrons. The van der Waals surface area contributed by atoms with Crippen LogP contribution in [0.5, 0.6) is 0 Å². The minimum absolute atomic E-state index is 0.0254. The topological polar surface area (TPSA) is 73.5 Å². The molecule has 1 saturated heterocycles. The van der Waals surface area contributed by atoms with Crippen LogP contribution in [0, 0.1) is 12.8 Å². The SMILES string of the molecule is Cc1cccc2c1NC(C(=O)NC(CCC(=O)N(C)C)C1NCCCC1C)C2. The average Bonchev–Trinajstić information content (AvgIpc) is 3.11. The van der Waals surface area contributed by atoms with Crippen LogP contribution in [0.25, 0.3) is 0 Å². The van der Waals surface area contributed by atoms with Gasteiger partial charge < -0.3 is 20.9 Å². The molecule has 0 aromatic heterocycles. The number of nitrogens with one attached hydrogen (secondary N) is 3. The van der Waals surface area contributed by atoms with Crippen molar-refractivity contribution in [1.29, 1.82) is 0 Å². The standard InChI is InChI=1S/C22H34N4O2/c1-14-7-5-9-16-13-18(24-20(14)16)22(28)25-17(10-11-19(27)26(3)4)21-15(2)8-6-12-23-21/h5,7,9,15,17-18,21,23-24H,6,8,10-13H2,1-4H3,(H,25,28). The fraction of sp³-hybridized carbons (Fsp3) is 0.636. The van der Waals surface area contributed by atoms with Crippen LogP contribution in [0.4, 0.5) is 5.69 Å². The van der Waals surface area contributed by atoms with Crippen LogP contribution in [-0.2, 0) is 16.0 Å². The van der Waals surface area contributed by atoms with Gasteiger partial charge in [0.1, 0.15) is 6.04 Å². The Morgan fingerprint density at radius 3 is 2.79 bits per heavy atom. The first-order valence-corrected chi connectivity index (χ1v) is 10.5. The highest BCUT2D eigenvalue weighted by atomic mass is 16.2. The number of aryl methyl sites for hydroxylation is 1. The molecule has 1 aromatic rings. The van der Waals surface area contributed by atoms with E-state index < -0.39 is 0 Å². The first-order valence-electron chi connectivity index (χ1n) is 10.5. The Morgan fingerprint density at radius 2 is 2.11 bits per heavy atom. The van der Waals surface area contributed by atoms with Crippen LogP contribution in [0.1, 0.15) is 43.7 Å². The molecule has 0 spiro atoms. The van der Waals surface area contributed by atoms with Gasteiger partial charge in [0, 0.05) is 44.7 Å².